The lowest BCUT2D eigenvalue weighted by Gasteiger charge is -2.35. The Kier molecular flexibility index (Phi) is 8.41. The Bertz CT molecular complexity index is 1080. The van der Waals surface area contributed by atoms with E-state index in [0.29, 0.717) is 36.8 Å². The molecule has 1 aromatic heterocycles. The molecule has 0 radical (unpaired) electrons. The second-order valence-electron chi connectivity index (χ2n) is 9.77. The van der Waals surface area contributed by atoms with Crippen LogP contribution in [-0.2, 0) is 22.1 Å². The second-order valence-corrected chi connectivity index (χ2v) is 9.77. The predicted octanol–water partition coefficient (Wildman–Crippen LogP) is 4.70. The van der Waals surface area contributed by atoms with Crippen molar-refractivity contribution >= 4 is 29.0 Å². The number of hydrogen-bond acceptors (Lipinski definition) is 8. The minimum atomic E-state index is -4.48. The van der Waals surface area contributed by atoms with Gasteiger partial charge in [-0.1, -0.05) is 6.92 Å². The smallest absolute Gasteiger partial charge is 0.418 e. The lowest BCUT2D eigenvalue weighted by molar-refractivity contribution is -0.146. The molecule has 202 valence electrons. The zero-order chi connectivity index (χ0) is 26.6. The van der Waals surface area contributed by atoms with Gasteiger partial charge in [0.15, 0.2) is 5.82 Å². The number of anilines is 4. The van der Waals surface area contributed by atoms with E-state index in [0.717, 1.165) is 50.5 Å². The average molecular weight is 521 g/mol. The molecular weight excluding hydrogens is 485 g/mol. The number of halogens is 3. The first-order valence-electron chi connectivity index (χ1n) is 12.8. The van der Waals surface area contributed by atoms with Gasteiger partial charge in [-0.15, -0.1) is 0 Å². The first kappa shape index (κ1) is 27.0. The van der Waals surface area contributed by atoms with Crippen molar-refractivity contribution in [2.75, 3.05) is 55.9 Å². The summed E-state index contributed by atoms with van der Waals surface area (Å²) >= 11 is 0. The van der Waals surface area contributed by atoms with Gasteiger partial charge in [-0.25, -0.2) is 4.98 Å². The maximum absolute atomic E-state index is 14.0. The van der Waals surface area contributed by atoms with Gasteiger partial charge in [0, 0.05) is 43.6 Å². The molecule has 0 atom stereocenters. The van der Waals surface area contributed by atoms with Crippen molar-refractivity contribution in [2.45, 2.75) is 51.2 Å². The van der Waals surface area contributed by atoms with Gasteiger partial charge in [0.1, 0.15) is 5.82 Å². The van der Waals surface area contributed by atoms with Crippen LogP contribution in [0.1, 0.15) is 43.9 Å². The molecule has 4 rings (SSSR count). The maximum Gasteiger partial charge on any atom is 0.418 e. The number of esters is 1. The normalized spacial score (nSPS) is 21.0. The molecule has 1 saturated heterocycles. The number of nitrogens with one attached hydrogen (secondary N) is 2. The van der Waals surface area contributed by atoms with Gasteiger partial charge in [-0.2, -0.15) is 13.2 Å². The monoisotopic (exact) mass is 520 g/mol. The van der Waals surface area contributed by atoms with E-state index in [2.05, 4.69) is 25.5 Å². The van der Waals surface area contributed by atoms with E-state index in [1.165, 1.54) is 13.2 Å². The van der Waals surface area contributed by atoms with Gasteiger partial charge in [0.2, 0.25) is 0 Å². The highest BCUT2D eigenvalue weighted by molar-refractivity contribution is 5.72. The van der Waals surface area contributed by atoms with Crippen LogP contribution in [0.4, 0.5) is 36.2 Å². The van der Waals surface area contributed by atoms with Gasteiger partial charge < -0.3 is 25.2 Å². The van der Waals surface area contributed by atoms with Crippen molar-refractivity contribution in [2.24, 2.45) is 5.92 Å². The van der Waals surface area contributed by atoms with E-state index in [1.54, 1.807) is 17.2 Å². The average Bonchev–Trinajstić information content (AvgIpc) is 2.89. The summed E-state index contributed by atoms with van der Waals surface area (Å²) in [6.07, 6.45) is 0.777. The lowest BCUT2D eigenvalue weighted by Crippen LogP contribution is -2.45. The fraction of sp³-hybridized carbons (Fsp3) is 0.577. The number of carbonyl (C=O) groups excluding carboxylic acids is 1. The van der Waals surface area contributed by atoms with E-state index in [4.69, 9.17) is 4.74 Å². The van der Waals surface area contributed by atoms with Crippen LogP contribution < -0.4 is 15.5 Å². The first-order chi connectivity index (χ1) is 17.7. The van der Waals surface area contributed by atoms with Crippen molar-refractivity contribution in [3.8, 4) is 0 Å². The number of likely N-dealkylation sites (N-methyl/N-ethyl adjacent to an activating group) is 1. The third kappa shape index (κ3) is 6.63. The molecule has 2 N–H and O–H groups in total. The lowest BCUT2D eigenvalue weighted by atomic mass is 9.86. The number of hydrogen-bond donors (Lipinski definition) is 2. The quantitative estimate of drug-likeness (QED) is 0.509. The highest BCUT2D eigenvalue weighted by Crippen LogP contribution is 2.39. The van der Waals surface area contributed by atoms with Crippen molar-refractivity contribution in [3.63, 3.8) is 0 Å². The third-order valence-electron chi connectivity index (χ3n) is 7.20. The number of rotatable bonds is 7. The fourth-order valence-electron chi connectivity index (χ4n) is 4.99. The standard InChI is InChI=1S/C26H35F3N6O2/c1-4-21-24(32-18-7-5-17(6-8-18)25(36)37-3)33-23(16-30-21)31-19-9-10-22(20(15-19)26(27,28)29)35-13-11-34(2)12-14-35/h9-10,15-18H,4-8,11-14H2,1-3H3,(H2,31,32,33). The highest BCUT2D eigenvalue weighted by Gasteiger charge is 2.36. The topological polar surface area (TPSA) is 82.6 Å². The Labute approximate surface area is 215 Å². The minimum absolute atomic E-state index is 0.0792. The molecule has 1 aliphatic carbocycles. The molecule has 2 aromatic rings. The van der Waals surface area contributed by atoms with Crippen LogP contribution in [0, 0.1) is 5.92 Å². The summed E-state index contributed by atoms with van der Waals surface area (Å²) in [6, 6.07) is 4.46. The molecule has 1 aromatic carbocycles. The van der Waals surface area contributed by atoms with E-state index in [9.17, 15) is 18.0 Å². The fourth-order valence-corrected chi connectivity index (χ4v) is 4.99. The van der Waals surface area contributed by atoms with E-state index in [-0.39, 0.29) is 23.6 Å². The summed E-state index contributed by atoms with van der Waals surface area (Å²) < 4.78 is 46.8. The molecule has 1 aliphatic heterocycles. The van der Waals surface area contributed by atoms with Crippen LogP contribution in [0.5, 0.6) is 0 Å². The molecule has 2 aliphatic rings. The summed E-state index contributed by atoms with van der Waals surface area (Å²) in [7, 11) is 3.38. The molecule has 2 heterocycles. The van der Waals surface area contributed by atoms with Gasteiger partial charge in [-0.3, -0.25) is 9.78 Å². The number of nitrogens with zero attached hydrogens (tertiary/aromatic N) is 4. The molecule has 0 amide bonds. The summed E-state index contributed by atoms with van der Waals surface area (Å²) in [6.45, 7) is 4.51. The number of aryl methyl sites for hydroxylation is 1. The zero-order valence-electron chi connectivity index (χ0n) is 21.6. The largest absolute Gasteiger partial charge is 0.469 e. The maximum atomic E-state index is 14.0. The van der Waals surface area contributed by atoms with Crippen LogP contribution in [0.2, 0.25) is 0 Å². The summed E-state index contributed by atoms with van der Waals surface area (Å²) in [5, 5.41) is 6.45. The van der Waals surface area contributed by atoms with Crippen molar-refractivity contribution in [3.05, 3.63) is 35.7 Å². The molecule has 0 unspecified atom stereocenters. The Hall–Kier alpha value is -3.08. The molecule has 37 heavy (non-hydrogen) atoms. The molecular formula is C26H35F3N6O2. The van der Waals surface area contributed by atoms with Crippen molar-refractivity contribution < 1.29 is 22.7 Å². The van der Waals surface area contributed by atoms with Crippen LogP contribution in [-0.4, -0.2) is 67.2 Å². The van der Waals surface area contributed by atoms with Gasteiger partial charge in [0.05, 0.1) is 30.5 Å². The Balaban J connectivity index is 1.50. The van der Waals surface area contributed by atoms with Crippen LogP contribution in [0.25, 0.3) is 0 Å². The summed E-state index contributed by atoms with van der Waals surface area (Å²) in [5.41, 5.74) is 0.611. The van der Waals surface area contributed by atoms with E-state index in [1.807, 2.05) is 14.0 Å². The van der Waals surface area contributed by atoms with Crippen LogP contribution >= 0.6 is 0 Å². The number of carbonyl (C=O) groups is 1. The Morgan fingerprint density at radius 1 is 1.14 bits per heavy atom. The van der Waals surface area contributed by atoms with Gasteiger partial charge >= 0.3 is 12.1 Å². The molecule has 2 fully saturated rings. The summed E-state index contributed by atoms with van der Waals surface area (Å²) in [5.74, 6) is 0.725. The number of methoxy groups -OCH3 is 1. The number of aromatic nitrogens is 2. The molecule has 1 saturated carbocycles. The Morgan fingerprint density at radius 2 is 1.84 bits per heavy atom. The second kappa shape index (κ2) is 11.5. The van der Waals surface area contributed by atoms with Crippen LogP contribution in [0.15, 0.2) is 24.4 Å². The van der Waals surface area contributed by atoms with Gasteiger partial charge in [-0.05, 0) is 57.4 Å². The number of ether oxygens (including phenoxy) is 1. The first-order valence-corrected chi connectivity index (χ1v) is 12.8. The molecule has 0 spiro atoms. The number of piperazine rings is 1. The van der Waals surface area contributed by atoms with Crippen molar-refractivity contribution in [1.82, 2.24) is 14.9 Å². The molecule has 11 heteroatoms. The van der Waals surface area contributed by atoms with Crippen LogP contribution in [0.3, 0.4) is 0 Å². The number of benzene rings is 1. The minimum Gasteiger partial charge on any atom is -0.469 e. The SMILES string of the molecule is CCc1ncc(Nc2ccc(N3CCN(C)CC3)c(C(F)(F)F)c2)nc1NC1CCC(C(=O)OC)CC1. The van der Waals surface area contributed by atoms with E-state index >= 15 is 0 Å². The third-order valence-corrected chi connectivity index (χ3v) is 7.20. The van der Waals surface area contributed by atoms with Crippen molar-refractivity contribution in [1.29, 1.82) is 0 Å². The Morgan fingerprint density at radius 3 is 2.46 bits per heavy atom. The highest BCUT2D eigenvalue weighted by atomic mass is 19.4. The summed E-state index contributed by atoms with van der Waals surface area (Å²) in [4.78, 5) is 24.8. The van der Waals surface area contributed by atoms with E-state index < -0.39 is 11.7 Å². The molecule has 0 bridgehead atoms. The zero-order valence-corrected chi connectivity index (χ0v) is 21.6. The number of alkyl halides is 3. The predicted molar refractivity (Wildman–Crippen MR) is 137 cm³/mol. The molecule has 8 nitrogen and oxygen atoms in total. The van der Waals surface area contributed by atoms with Gasteiger partial charge in [0.25, 0.3) is 0 Å².